The Morgan fingerprint density at radius 3 is 2.62 bits per heavy atom. The van der Waals surface area contributed by atoms with Gasteiger partial charge in [0.15, 0.2) is 0 Å². The smallest absolute Gasteiger partial charge is 0.123 e. The van der Waals surface area contributed by atoms with Gasteiger partial charge in [-0.3, -0.25) is 0 Å². The summed E-state index contributed by atoms with van der Waals surface area (Å²) in [7, 11) is 3.42. The van der Waals surface area contributed by atoms with E-state index in [0.29, 0.717) is 12.1 Å². The Morgan fingerprint density at radius 2 is 1.85 bits per heavy atom. The molecule has 1 saturated carbocycles. The fourth-order valence-electron chi connectivity index (χ4n) is 4.20. The van der Waals surface area contributed by atoms with Crippen LogP contribution < -0.4 is 20.1 Å². The third-order valence-electron chi connectivity index (χ3n) is 5.83. The first kappa shape index (κ1) is 17.4. The molecule has 26 heavy (non-hydrogen) atoms. The maximum atomic E-state index is 5.54. The first-order chi connectivity index (χ1) is 12.8. The average Bonchev–Trinajstić information content (AvgIpc) is 3.45. The molecule has 2 aromatic rings. The fourth-order valence-corrected chi connectivity index (χ4v) is 4.20. The van der Waals surface area contributed by atoms with E-state index in [9.17, 15) is 0 Å². The van der Waals surface area contributed by atoms with E-state index in [1.807, 2.05) is 12.1 Å². The number of hydrogen-bond donors (Lipinski definition) is 2. The molecule has 1 aliphatic heterocycles. The van der Waals surface area contributed by atoms with E-state index in [0.717, 1.165) is 42.0 Å². The van der Waals surface area contributed by atoms with E-state index in [-0.39, 0.29) is 0 Å². The Labute approximate surface area is 155 Å². The van der Waals surface area contributed by atoms with Crippen molar-refractivity contribution in [1.29, 1.82) is 0 Å². The van der Waals surface area contributed by atoms with E-state index in [1.165, 1.54) is 18.4 Å². The second kappa shape index (κ2) is 7.68. The lowest BCUT2D eigenvalue weighted by molar-refractivity contribution is 0.358. The van der Waals surface area contributed by atoms with Gasteiger partial charge in [-0.05, 0) is 55.0 Å². The molecule has 1 aliphatic carbocycles. The molecule has 0 bridgehead atoms. The van der Waals surface area contributed by atoms with Crippen LogP contribution in [-0.4, -0.2) is 26.8 Å². The van der Waals surface area contributed by atoms with Crippen LogP contribution in [0.5, 0.6) is 11.5 Å². The Morgan fingerprint density at radius 1 is 1.00 bits per heavy atom. The molecular weight excluding hydrogens is 324 g/mol. The summed E-state index contributed by atoms with van der Waals surface area (Å²) in [4.78, 5) is 0. The Hall–Kier alpha value is -2.04. The summed E-state index contributed by atoms with van der Waals surface area (Å²) in [5.41, 5.74) is 2.50. The van der Waals surface area contributed by atoms with Crippen molar-refractivity contribution < 1.29 is 9.47 Å². The Kier molecular flexibility index (Phi) is 5.14. The van der Waals surface area contributed by atoms with Gasteiger partial charge < -0.3 is 20.1 Å². The van der Waals surface area contributed by atoms with Gasteiger partial charge in [0.1, 0.15) is 11.5 Å². The van der Waals surface area contributed by atoms with Crippen LogP contribution in [0.15, 0.2) is 48.5 Å². The zero-order valence-corrected chi connectivity index (χ0v) is 15.6. The van der Waals surface area contributed by atoms with Crippen LogP contribution in [0.1, 0.15) is 30.0 Å². The third-order valence-corrected chi connectivity index (χ3v) is 5.83. The maximum absolute atomic E-state index is 5.54. The number of benzene rings is 2. The van der Waals surface area contributed by atoms with Crippen LogP contribution in [0.3, 0.4) is 0 Å². The number of fused-ring (bicyclic) bond motifs is 1. The second-order valence-electron chi connectivity index (χ2n) is 7.45. The molecule has 0 aromatic heterocycles. The molecule has 1 heterocycles. The van der Waals surface area contributed by atoms with E-state index >= 15 is 0 Å². The summed E-state index contributed by atoms with van der Waals surface area (Å²) in [6, 6.07) is 17.5. The lowest BCUT2D eigenvalue weighted by Crippen LogP contribution is -2.41. The van der Waals surface area contributed by atoms with Gasteiger partial charge >= 0.3 is 0 Å². The van der Waals surface area contributed by atoms with Crippen molar-refractivity contribution in [2.45, 2.75) is 31.5 Å². The van der Waals surface area contributed by atoms with Gasteiger partial charge in [0, 0.05) is 24.2 Å². The number of hydrogen-bond acceptors (Lipinski definition) is 4. The molecule has 2 aromatic carbocycles. The largest absolute Gasteiger partial charge is 0.497 e. The van der Waals surface area contributed by atoms with Crippen molar-refractivity contribution in [3.63, 3.8) is 0 Å². The third kappa shape index (κ3) is 3.71. The highest BCUT2D eigenvalue weighted by atomic mass is 16.5. The molecule has 2 N–H and O–H groups in total. The van der Waals surface area contributed by atoms with E-state index in [4.69, 9.17) is 9.47 Å². The molecule has 1 saturated heterocycles. The van der Waals surface area contributed by atoms with Gasteiger partial charge in [-0.25, -0.2) is 0 Å². The second-order valence-corrected chi connectivity index (χ2v) is 7.45. The van der Waals surface area contributed by atoms with Crippen molar-refractivity contribution in [2.75, 3.05) is 20.8 Å². The van der Waals surface area contributed by atoms with Crippen molar-refractivity contribution in [1.82, 2.24) is 10.6 Å². The van der Waals surface area contributed by atoms with Crippen LogP contribution in [0.4, 0.5) is 0 Å². The highest BCUT2D eigenvalue weighted by molar-refractivity contribution is 5.40. The molecule has 0 amide bonds. The summed E-state index contributed by atoms with van der Waals surface area (Å²) in [6.07, 6.45) is 2.60. The zero-order valence-electron chi connectivity index (χ0n) is 15.6. The number of rotatable bonds is 6. The summed E-state index contributed by atoms with van der Waals surface area (Å²) in [5.74, 6) is 3.49. The molecule has 4 unspecified atom stereocenters. The lowest BCUT2D eigenvalue weighted by atomic mass is 9.95. The molecule has 2 aliphatic rings. The maximum Gasteiger partial charge on any atom is 0.123 e. The van der Waals surface area contributed by atoms with Crippen LogP contribution in [-0.2, 0) is 6.54 Å². The van der Waals surface area contributed by atoms with E-state index in [2.05, 4.69) is 47.0 Å². The topological polar surface area (TPSA) is 42.5 Å². The normalized spacial score (nSPS) is 27.3. The standard InChI is InChI=1S/C22H28N2O2/c1-25-19-8-9-21(26-2)18(11-19)14-23-20-12-16-10-17(16)13-24-22(20)15-6-4-3-5-7-15/h3-9,11,16-17,20,22-24H,10,12-14H2,1-2H3. The number of ether oxygens (including phenoxy) is 2. The molecule has 4 rings (SSSR count). The van der Waals surface area contributed by atoms with Crippen LogP contribution in [0.2, 0.25) is 0 Å². The fraction of sp³-hybridized carbons (Fsp3) is 0.455. The van der Waals surface area contributed by atoms with Crippen LogP contribution in [0.25, 0.3) is 0 Å². The van der Waals surface area contributed by atoms with Gasteiger partial charge in [0.25, 0.3) is 0 Å². The lowest BCUT2D eigenvalue weighted by Gasteiger charge is -2.28. The Balaban J connectivity index is 1.52. The molecule has 138 valence electrons. The Bertz CT molecular complexity index is 734. The van der Waals surface area contributed by atoms with Gasteiger partial charge in [-0.15, -0.1) is 0 Å². The molecule has 4 atom stereocenters. The first-order valence-corrected chi connectivity index (χ1v) is 9.51. The van der Waals surface area contributed by atoms with Gasteiger partial charge in [-0.2, -0.15) is 0 Å². The highest BCUT2D eigenvalue weighted by Gasteiger charge is 2.43. The quantitative estimate of drug-likeness (QED) is 0.835. The molecule has 0 radical (unpaired) electrons. The zero-order chi connectivity index (χ0) is 17.9. The SMILES string of the molecule is COc1ccc(OC)c(CNC2CC3CC3CNC2c2ccccc2)c1. The minimum Gasteiger partial charge on any atom is -0.497 e. The van der Waals surface area contributed by atoms with Gasteiger partial charge in [0.2, 0.25) is 0 Å². The summed E-state index contributed by atoms with van der Waals surface area (Å²) in [6.45, 7) is 1.90. The van der Waals surface area contributed by atoms with Crippen molar-refractivity contribution in [3.8, 4) is 11.5 Å². The number of methoxy groups -OCH3 is 2. The molecule has 4 nitrogen and oxygen atoms in total. The predicted octanol–water partition coefficient (Wildman–Crippen LogP) is 3.53. The van der Waals surface area contributed by atoms with Crippen molar-refractivity contribution in [2.24, 2.45) is 11.8 Å². The predicted molar refractivity (Wildman–Crippen MR) is 104 cm³/mol. The number of nitrogens with one attached hydrogen (secondary N) is 2. The minimum atomic E-state index is 0.348. The summed E-state index contributed by atoms with van der Waals surface area (Å²) >= 11 is 0. The van der Waals surface area contributed by atoms with Crippen molar-refractivity contribution in [3.05, 3.63) is 59.7 Å². The first-order valence-electron chi connectivity index (χ1n) is 9.51. The summed E-state index contributed by atoms with van der Waals surface area (Å²) < 4.78 is 10.9. The molecular formula is C22H28N2O2. The molecule has 0 spiro atoms. The monoisotopic (exact) mass is 352 g/mol. The molecule has 4 heteroatoms. The average molecular weight is 352 g/mol. The van der Waals surface area contributed by atoms with E-state index < -0.39 is 0 Å². The molecule has 2 fully saturated rings. The van der Waals surface area contributed by atoms with E-state index in [1.54, 1.807) is 14.2 Å². The van der Waals surface area contributed by atoms with Crippen molar-refractivity contribution >= 4 is 0 Å². The van der Waals surface area contributed by atoms with Gasteiger partial charge in [0.05, 0.1) is 14.2 Å². The minimum absolute atomic E-state index is 0.348. The van der Waals surface area contributed by atoms with Crippen LogP contribution in [0, 0.1) is 11.8 Å². The summed E-state index contributed by atoms with van der Waals surface area (Å²) in [5, 5.41) is 7.62. The van der Waals surface area contributed by atoms with Gasteiger partial charge in [-0.1, -0.05) is 30.3 Å². The highest BCUT2D eigenvalue weighted by Crippen LogP contribution is 2.45. The van der Waals surface area contributed by atoms with Crippen LogP contribution >= 0.6 is 0 Å².